The molecule has 25 heavy (non-hydrogen) atoms. The van der Waals surface area contributed by atoms with Crippen LogP contribution in [0.4, 0.5) is 0 Å². The summed E-state index contributed by atoms with van der Waals surface area (Å²) in [4.78, 5) is 16.5. The Bertz CT molecular complexity index is 619. The van der Waals surface area contributed by atoms with Crippen molar-refractivity contribution < 1.29 is 19.4 Å². The summed E-state index contributed by atoms with van der Waals surface area (Å²) in [5.74, 6) is 1.01. The predicted octanol–water partition coefficient (Wildman–Crippen LogP) is 1.68. The van der Waals surface area contributed by atoms with Gasteiger partial charge in [0.15, 0.2) is 17.1 Å². The molecule has 1 saturated heterocycles. The van der Waals surface area contributed by atoms with Crippen LogP contribution in [0.3, 0.4) is 0 Å². The van der Waals surface area contributed by atoms with Gasteiger partial charge in [-0.3, -0.25) is 9.69 Å². The fraction of sp³-hybridized carbons (Fsp3) is 0.526. The third-order valence-electron chi connectivity index (χ3n) is 4.52. The lowest BCUT2D eigenvalue weighted by Crippen LogP contribution is -2.57. The van der Waals surface area contributed by atoms with Gasteiger partial charge in [0.25, 0.3) is 5.91 Å². The van der Waals surface area contributed by atoms with Crippen molar-refractivity contribution in [1.29, 1.82) is 0 Å². The normalized spacial score (nSPS) is 20.7. The zero-order valence-corrected chi connectivity index (χ0v) is 15.3. The number of aliphatic hydroxyl groups is 1. The molecule has 1 N–H and O–H groups in total. The molecule has 0 aromatic heterocycles. The van der Waals surface area contributed by atoms with Crippen molar-refractivity contribution in [3.05, 3.63) is 36.4 Å². The molecule has 1 fully saturated rings. The standard InChI is InChI=1S/C19H28N2O4/c1-5-11-20(2)14-19(23)10-7-12-21(18(19)22)13-15-8-6-9-16(24-3)17(15)25-4/h5-6,8-9,23H,1,7,10-14H2,2-4H3/t19-/m0/s1. The Balaban J connectivity index is 2.18. The van der Waals surface area contributed by atoms with Gasteiger partial charge >= 0.3 is 0 Å². The number of benzene rings is 1. The van der Waals surface area contributed by atoms with E-state index in [-0.39, 0.29) is 5.91 Å². The van der Waals surface area contributed by atoms with Crippen molar-refractivity contribution in [2.75, 3.05) is 40.9 Å². The fourth-order valence-corrected chi connectivity index (χ4v) is 3.38. The highest BCUT2D eigenvalue weighted by atomic mass is 16.5. The molecule has 1 heterocycles. The summed E-state index contributed by atoms with van der Waals surface area (Å²) in [7, 11) is 5.04. The number of hydrogen-bond acceptors (Lipinski definition) is 5. The van der Waals surface area contributed by atoms with E-state index in [0.29, 0.717) is 44.1 Å². The van der Waals surface area contributed by atoms with E-state index in [1.54, 1.807) is 25.2 Å². The summed E-state index contributed by atoms with van der Waals surface area (Å²) in [5, 5.41) is 10.9. The molecule has 0 radical (unpaired) electrons. The Kier molecular flexibility index (Phi) is 6.45. The largest absolute Gasteiger partial charge is 0.493 e. The third kappa shape index (κ3) is 4.32. The van der Waals surface area contributed by atoms with E-state index in [0.717, 1.165) is 12.0 Å². The van der Waals surface area contributed by atoms with Crippen LogP contribution in [0.2, 0.25) is 0 Å². The molecule has 0 bridgehead atoms. The smallest absolute Gasteiger partial charge is 0.256 e. The number of methoxy groups -OCH3 is 2. The van der Waals surface area contributed by atoms with E-state index < -0.39 is 5.60 Å². The molecule has 1 amide bonds. The molecule has 2 rings (SSSR count). The molecule has 0 saturated carbocycles. The highest BCUT2D eigenvalue weighted by Gasteiger charge is 2.42. The van der Waals surface area contributed by atoms with Crippen molar-refractivity contribution in [2.45, 2.75) is 25.0 Å². The molecular weight excluding hydrogens is 320 g/mol. The van der Waals surface area contributed by atoms with Crippen molar-refractivity contribution in [1.82, 2.24) is 9.80 Å². The molecule has 6 heteroatoms. The summed E-state index contributed by atoms with van der Waals surface area (Å²) in [6, 6.07) is 5.60. The van der Waals surface area contributed by atoms with Gasteiger partial charge in [-0.1, -0.05) is 18.2 Å². The SMILES string of the molecule is C=CCN(C)C[C@@]1(O)CCCN(Cc2cccc(OC)c2OC)C1=O. The number of likely N-dealkylation sites (tertiary alicyclic amines) is 1. The summed E-state index contributed by atoms with van der Waals surface area (Å²) in [6.07, 6.45) is 2.99. The van der Waals surface area contributed by atoms with Crippen LogP contribution in [-0.4, -0.2) is 67.3 Å². The second-order valence-electron chi connectivity index (χ2n) is 6.50. The van der Waals surface area contributed by atoms with Gasteiger partial charge < -0.3 is 19.5 Å². The van der Waals surface area contributed by atoms with E-state index in [9.17, 15) is 9.90 Å². The highest BCUT2D eigenvalue weighted by Crippen LogP contribution is 2.33. The number of rotatable bonds is 8. The third-order valence-corrected chi connectivity index (χ3v) is 4.52. The first kappa shape index (κ1) is 19.3. The first-order valence-corrected chi connectivity index (χ1v) is 8.46. The lowest BCUT2D eigenvalue weighted by molar-refractivity contribution is -0.159. The number of ether oxygens (including phenoxy) is 2. The number of piperidine rings is 1. The Labute approximate surface area is 149 Å². The second kappa shape index (κ2) is 8.36. The Morgan fingerprint density at radius 1 is 1.40 bits per heavy atom. The van der Waals surface area contributed by atoms with Crippen LogP contribution in [0.5, 0.6) is 11.5 Å². The first-order valence-electron chi connectivity index (χ1n) is 8.46. The van der Waals surface area contributed by atoms with Crippen LogP contribution in [0, 0.1) is 0 Å². The van der Waals surface area contributed by atoms with Gasteiger partial charge in [0, 0.05) is 31.7 Å². The minimum Gasteiger partial charge on any atom is -0.493 e. The number of amides is 1. The van der Waals surface area contributed by atoms with Gasteiger partial charge in [0.2, 0.25) is 0 Å². The van der Waals surface area contributed by atoms with E-state index >= 15 is 0 Å². The topological polar surface area (TPSA) is 62.2 Å². The minimum atomic E-state index is -1.36. The molecule has 0 spiro atoms. The second-order valence-corrected chi connectivity index (χ2v) is 6.50. The van der Waals surface area contributed by atoms with Crippen LogP contribution in [0.25, 0.3) is 0 Å². The average molecular weight is 348 g/mol. The summed E-state index contributed by atoms with van der Waals surface area (Å²) in [6.45, 7) is 5.62. The lowest BCUT2D eigenvalue weighted by Gasteiger charge is -2.40. The molecule has 0 unspecified atom stereocenters. The van der Waals surface area contributed by atoms with Crippen LogP contribution >= 0.6 is 0 Å². The van der Waals surface area contributed by atoms with Crippen molar-refractivity contribution in [3.63, 3.8) is 0 Å². The first-order chi connectivity index (χ1) is 11.9. The fourth-order valence-electron chi connectivity index (χ4n) is 3.38. The quantitative estimate of drug-likeness (QED) is 0.724. The zero-order valence-electron chi connectivity index (χ0n) is 15.3. The molecule has 0 aliphatic carbocycles. The molecular formula is C19H28N2O4. The van der Waals surface area contributed by atoms with Gasteiger partial charge in [0.1, 0.15) is 0 Å². The zero-order chi connectivity index (χ0) is 18.4. The molecule has 1 aliphatic rings. The van der Waals surface area contributed by atoms with Crippen molar-refractivity contribution in [2.24, 2.45) is 0 Å². The van der Waals surface area contributed by atoms with Crippen LogP contribution in [-0.2, 0) is 11.3 Å². The maximum absolute atomic E-state index is 12.9. The van der Waals surface area contributed by atoms with Crippen molar-refractivity contribution in [3.8, 4) is 11.5 Å². The average Bonchev–Trinajstić information content (AvgIpc) is 2.59. The van der Waals surface area contributed by atoms with Gasteiger partial charge in [-0.25, -0.2) is 0 Å². The van der Waals surface area contributed by atoms with E-state index in [4.69, 9.17) is 9.47 Å². The molecule has 1 aromatic carbocycles. The molecule has 1 aromatic rings. The van der Waals surface area contributed by atoms with Gasteiger partial charge in [-0.05, 0) is 26.0 Å². The molecule has 1 atom stereocenters. The maximum atomic E-state index is 12.9. The summed E-state index contributed by atoms with van der Waals surface area (Å²) >= 11 is 0. The van der Waals surface area contributed by atoms with Gasteiger partial charge in [-0.2, -0.15) is 0 Å². The van der Waals surface area contributed by atoms with E-state index in [1.807, 2.05) is 30.1 Å². The Hall–Kier alpha value is -2.05. The van der Waals surface area contributed by atoms with Gasteiger partial charge in [-0.15, -0.1) is 6.58 Å². The monoisotopic (exact) mass is 348 g/mol. The molecule has 6 nitrogen and oxygen atoms in total. The number of nitrogens with zero attached hydrogens (tertiary/aromatic N) is 2. The summed E-state index contributed by atoms with van der Waals surface area (Å²) in [5.41, 5.74) is -0.499. The van der Waals surface area contributed by atoms with Crippen molar-refractivity contribution >= 4 is 5.91 Å². The number of hydrogen-bond donors (Lipinski definition) is 1. The lowest BCUT2D eigenvalue weighted by atomic mass is 9.90. The molecule has 1 aliphatic heterocycles. The Morgan fingerprint density at radius 3 is 2.80 bits per heavy atom. The maximum Gasteiger partial charge on any atom is 0.256 e. The number of carbonyl (C=O) groups is 1. The number of carbonyl (C=O) groups excluding carboxylic acids is 1. The van der Waals surface area contributed by atoms with E-state index in [1.165, 1.54) is 0 Å². The molecule has 138 valence electrons. The highest BCUT2D eigenvalue weighted by molar-refractivity contribution is 5.86. The van der Waals surface area contributed by atoms with Crippen LogP contribution in [0.1, 0.15) is 18.4 Å². The van der Waals surface area contributed by atoms with E-state index in [2.05, 4.69) is 6.58 Å². The summed E-state index contributed by atoms with van der Waals surface area (Å²) < 4.78 is 10.8. The Morgan fingerprint density at radius 2 is 2.16 bits per heavy atom. The number of para-hydroxylation sites is 1. The number of likely N-dealkylation sites (N-methyl/N-ethyl adjacent to an activating group) is 1. The van der Waals surface area contributed by atoms with Crippen LogP contribution in [0.15, 0.2) is 30.9 Å². The predicted molar refractivity (Wildman–Crippen MR) is 96.8 cm³/mol. The minimum absolute atomic E-state index is 0.237. The van der Waals surface area contributed by atoms with Gasteiger partial charge in [0.05, 0.1) is 14.2 Å². The van der Waals surface area contributed by atoms with Crippen LogP contribution < -0.4 is 9.47 Å².